The van der Waals surface area contributed by atoms with Crippen molar-refractivity contribution in [1.29, 1.82) is 0 Å². The standard InChI is InChI=1S/C12H26N2O/c1-4-14(11-7-5-6-8-11)12(9-13-2)10-15-3/h11-13H,4-10H2,1-3H3. The minimum atomic E-state index is 0.535. The first-order valence-electron chi connectivity index (χ1n) is 6.22. The molecule has 0 aromatic rings. The molecule has 0 heterocycles. The molecule has 15 heavy (non-hydrogen) atoms. The number of hydrogen-bond donors (Lipinski definition) is 1. The number of nitrogens with zero attached hydrogens (tertiary/aromatic N) is 1. The monoisotopic (exact) mass is 214 g/mol. The third kappa shape index (κ3) is 3.74. The normalized spacial score (nSPS) is 20.0. The van der Waals surface area contributed by atoms with E-state index in [1.165, 1.54) is 25.7 Å². The SMILES string of the molecule is CCN(C1CCCC1)C(CNC)COC. The molecule has 0 amide bonds. The molecule has 0 aromatic carbocycles. The molecule has 1 aliphatic carbocycles. The summed E-state index contributed by atoms with van der Waals surface area (Å²) in [5.41, 5.74) is 0. The van der Waals surface area contributed by atoms with Gasteiger partial charge in [-0.05, 0) is 26.4 Å². The van der Waals surface area contributed by atoms with Gasteiger partial charge in [-0.2, -0.15) is 0 Å². The van der Waals surface area contributed by atoms with Gasteiger partial charge in [0.2, 0.25) is 0 Å². The van der Waals surface area contributed by atoms with Gasteiger partial charge in [0.05, 0.1) is 6.61 Å². The Kier molecular flexibility index (Phi) is 6.22. The van der Waals surface area contributed by atoms with Gasteiger partial charge in [-0.15, -0.1) is 0 Å². The van der Waals surface area contributed by atoms with Gasteiger partial charge < -0.3 is 10.1 Å². The van der Waals surface area contributed by atoms with Crippen LogP contribution < -0.4 is 5.32 Å². The van der Waals surface area contributed by atoms with Gasteiger partial charge in [0.25, 0.3) is 0 Å². The van der Waals surface area contributed by atoms with Crippen molar-refractivity contribution < 1.29 is 4.74 Å². The summed E-state index contributed by atoms with van der Waals surface area (Å²) in [5, 5.41) is 3.27. The first kappa shape index (κ1) is 12.9. The Morgan fingerprint density at radius 3 is 2.53 bits per heavy atom. The van der Waals surface area contributed by atoms with Crippen LogP contribution in [-0.4, -0.2) is 50.8 Å². The largest absolute Gasteiger partial charge is 0.383 e. The van der Waals surface area contributed by atoms with Crippen LogP contribution in [0.25, 0.3) is 0 Å². The topological polar surface area (TPSA) is 24.5 Å². The van der Waals surface area contributed by atoms with Crippen LogP contribution in [0, 0.1) is 0 Å². The Morgan fingerprint density at radius 1 is 1.40 bits per heavy atom. The summed E-state index contributed by atoms with van der Waals surface area (Å²) in [5.74, 6) is 0. The molecule has 1 fully saturated rings. The molecule has 0 aromatic heterocycles. The molecule has 0 spiro atoms. The van der Waals surface area contributed by atoms with Crippen molar-refractivity contribution in [1.82, 2.24) is 10.2 Å². The zero-order valence-corrected chi connectivity index (χ0v) is 10.5. The fraction of sp³-hybridized carbons (Fsp3) is 1.00. The molecular formula is C12H26N2O. The number of rotatable bonds is 7. The number of methoxy groups -OCH3 is 1. The van der Waals surface area contributed by atoms with Crippen molar-refractivity contribution in [3.63, 3.8) is 0 Å². The number of nitrogens with one attached hydrogen (secondary N) is 1. The van der Waals surface area contributed by atoms with Crippen molar-refractivity contribution in [2.45, 2.75) is 44.7 Å². The molecule has 0 bridgehead atoms. The zero-order valence-electron chi connectivity index (χ0n) is 10.5. The lowest BCUT2D eigenvalue weighted by Crippen LogP contribution is -2.48. The van der Waals surface area contributed by atoms with E-state index < -0.39 is 0 Å². The van der Waals surface area contributed by atoms with Crippen LogP contribution in [0.3, 0.4) is 0 Å². The summed E-state index contributed by atoms with van der Waals surface area (Å²) in [4.78, 5) is 2.62. The van der Waals surface area contributed by atoms with Crippen LogP contribution in [0.5, 0.6) is 0 Å². The first-order valence-corrected chi connectivity index (χ1v) is 6.22. The Balaban J connectivity index is 2.50. The van der Waals surface area contributed by atoms with Crippen LogP contribution in [0.2, 0.25) is 0 Å². The maximum atomic E-state index is 5.32. The van der Waals surface area contributed by atoms with E-state index in [-0.39, 0.29) is 0 Å². The van der Waals surface area contributed by atoms with Crippen LogP contribution in [0.4, 0.5) is 0 Å². The molecule has 0 aliphatic heterocycles. The summed E-state index contributed by atoms with van der Waals surface area (Å²) in [6.07, 6.45) is 5.55. The predicted octanol–water partition coefficient (Wildman–Crippen LogP) is 1.49. The third-order valence-electron chi connectivity index (χ3n) is 3.43. The second-order valence-corrected chi connectivity index (χ2v) is 4.44. The maximum Gasteiger partial charge on any atom is 0.0630 e. The average Bonchev–Trinajstić information content (AvgIpc) is 2.73. The first-order chi connectivity index (χ1) is 7.33. The lowest BCUT2D eigenvalue weighted by atomic mass is 10.1. The molecule has 0 saturated heterocycles. The molecule has 3 nitrogen and oxygen atoms in total. The van der Waals surface area contributed by atoms with Crippen molar-refractivity contribution >= 4 is 0 Å². The third-order valence-corrected chi connectivity index (χ3v) is 3.43. The van der Waals surface area contributed by atoms with Crippen molar-refractivity contribution in [3.05, 3.63) is 0 Å². The van der Waals surface area contributed by atoms with E-state index in [2.05, 4.69) is 17.1 Å². The minimum absolute atomic E-state index is 0.535. The average molecular weight is 214 g/mol. The smallest absolute Gasteiger partial charge is 0.0630 e. The Morgan fingerprint density at radius 2 is 2.07 bits per heavy atom. The van der Waals surface area contributed by atoms with Crippen LogP contribution >= 0.6 is 0 Å². The van der Waals surface area contributed by atoms with E-state index in [0.29, 0.717) is 6.04 Å². The summed E-state index contributed by atoms with van der Waals surface area (Å²) in [6, 6.07) is 1.33. The van der Waals surface area contributed by atoms with E-state index >= 15 is 0 Å². The molecular weight excluding hydrogens is 188 g/mol. The fourth-order valence-corrected chi connectivity index (χ4v) is 2.75. The van der Waals surface area contributed by atoms with Crippen LogP contribution in [0.1, 0.15) is 32.6 Å². The van der Waals surface area contributed by atoms with Crippen molar-refractivity contribution in [3.8, 4) is 0 Å². The van der Waals surface area contributed by atoms with Gasteiger partial charge in [-0.3, -0.25) is 4.90 Å². The van der Waals surface area contributed by atoms with Crippen molar-refractivity contribution in [2.24, 2.45) is 0 Å². The summed E-state index contributed by atoms with van der Waals surface area (Å²) in [7, 11) is 3.82. The highest BCUT2D eigenvalue weighted by atomic mass is 16.5. The van der Waals surface area contributed by atoms with Gasteiger partial charge in [-0.25, -0.2) is 0 Å². The number of hydrogen-bond acceptors (Lipinski definition) is 3. The van der Waals surface area contributed by atoms with Gasteiger partial charge in [0.1, 0.15) is 0 Å². The Hall–Kier alpha value is -0.120. The maximum absolute atomic E-state index is 5.32. The molecule has 3 heteroatoms. The highest BCUT2D eigenvalue weighted by Crippen LogP contribution is 2.24. The van der Waals surface area contributed by atoms with Gasteiger partial charge in [0, 0.05) is 25.7 Å². The second kappa shape index (κ2) is 7.20. The summed E-state index contributed by atoms with van der Waals surface area (Å²) < 4.78 is 5.32. The van der Waals surface area contributed by atoms with Gasteiger partial charge in [-0.1, -0.05) is 19.8 Å². The molecule has 0 radical (unpaired) electrons. The number of ether oxygens (including phenoxy) is 1. The van der Waals surface area contributed by atoms with E-state index in [4.69, 9.17) is 4.74 Å². The van der Waals surface area contributed by atoms with Gasteiger partial charge in [0.15, 0.2) is 0 Å². The van der Waals surface area contributed by atoms with E-state index in [1.54, 1.807) is 7.11 Å². The van der Waals surface area contributed by atoms with E-state index in [1.807, 2.05) is 7.05 Å². The molecule has 1 N–H and O–H groups in total. The molecule has 1 atom stereocenters. The lowest BCUT2D eigenvalue weighted by molar-refractivity contribution is 0.0661. The van der Waals surface area contributed by atoms with Crippen LogP contribution in [-0.2, 0) is 4.74 Å². The molecule has 1 unspecified atom stereocenters. The fourth-order valence-electron chi connectivity index (χ4n) is 2.75. The van der Waals surface area contributed by atoms with E-state index in [0.717, 1.165) is 25.7 Å². The molecule has 1 saturated carbocycles. The minimum Gasteiger partial charge on any atom is -0.383 e. The van der Waals surface area contributed by atoms with E-state index in [9.17, 15) is 0 Å². The predicted molar refractivity (Wildman–Crippen MR) is 64.2 cm³/mol. The van der Waals surface area contributed by atoms with Gasteiger partial charge >= 0.3 is 0 Å². The van der Waals surface area contributed by atoms with Crippen LogP contribution in [0.15, 0.2) is 0 Å². The second-order valence-electron chi connectivity index (χ2n) is 4.44. The lowest BCUT2D eigenvalue weighted by Gasteiger charge is -2.35. The molecule has 1 aliphatic rings. The number of likely N-dealkylation sites (N-methyl/N-ethyl adjacent to an activating group) is 2. The quantitative estimate of drug-likeness (QED) is 0.695. The van der Waals surface area contributed by atoms with Crippen molar-refractivity contribution in [2.75, 3.05) is 33.9 Å². The Bertz CT molecular complexity index is 152. The summed E-state index contributed by atoms with van der Waals surface area (Å²) in [6.45, 7) is 5.26. The Labute approximate surface area is 94.2 Å². The summed E-state index contributed by atoms with van der Waals surface area (Å²) >= 11 is 0. The highest BCUT2D eigenvalue weighted by molar-refractivity contribution is 4.83. The molecule has 1 rings (SSSR count). The molecule has 90 valence electrons. The highest BCUT2D eigenvalue weighted by Gasteiger charge is 2.26. The zero-order chi connectivity index (χ0) is 11.1.